The van der Waals surface area contributed by atoms with E-state index < -0.39 is 23.0 Å². The summed E-state index contributed by atoms with van der Waals surface area (Å²) in [5.74, 6) is -0.230. The van der Waals surface area contributed by atoms with Crippen molar-refractivity contribution in [3.05, 3.63) is 67.0 Å². The Hall–Kier alpha value is -2.67. The Morgan fingerprint density at radius 1 is 1.11 bits per heavy atom. The van der Waals surface area contributed by atoms with Crippen molar-refractivity contribution in [3.8, 4) is 0 Å². The Morgan fingerprint density at radius 3 is 2.30 bits per heavy atom. The fourth-order valence-electron chi connectivity index (χ4n) is 3.70. The Balaban J connectivity index is 1.99. The number of aromatic amines is 1. The van der Waals surface area contributed by atoms with E-state index in [1.54, 1.807) is 6.92 Å². The van der Waals surface area contributed by atoms with Gasteiger partial charge in [-0.15, -0.1) is 0 Å². The molecular weight excluding hydrogens is 346 g/mol. The molecule has 144 valence electrons. The average Bonchev–Trinajstić information content (AvgIpc) is 2.85. The standard InChI is InChI=1S/C20H25N3O4/c1-11-7-12(2)16(13(3)8-11)18(25)23-20(5,6)9-15(27-23)22-10-14(4)17(24)21-19(22)26/h7-8,10,15H,9H2,1-6H3,(H,21,24,26). The molecule has 1 aromatic heterocycles. The minimum atomic E-state index is -0.668. The maximum Gasteiger partial charge on any atom is 0.330 e. The Labute approximate surface area is 157 Å². The van der Waals surface area contributed by atoms with Crippen molar-refractivity contribution >= 4 is 5.91 Å². The van der Waals surface area contributed by atoms with Gasteiger partial charge in [-0.05, 0) is 52.7 Å². The molecule has 0 spiro atoms. The van der Waals surface area contributed by atoms with Crippen LogP contribution in [0.3, 0.4) is 0 Å². The van der Waals surface area contributed by atoms with Gasteiger partial charge in [0, 0.05) is 23.7 Å². The summed E-state index contributed by atoms with van der Waals surface area (Å²) in [7, 11) is 0. The maximum absolute atomic E-state index is 13.3. The summed E-state index contributed by atoms with van der Waals surface area (Å²) < 4.78 is 1.33. The van der Waals surface area contributed by atoms with Crippen molar-refractivity contribution in [2.75, 3.05) is 0 Å². The SMILES string of the molecule is Cc1cc(C)c(C(=O)N2OC(n3cc(C)c(=O)[nH]c3=O)CC2(C)C)c(C)c1. The van der Waals surface area contributed by atoms with Crippen LogP contribution in [0.25, 0.3) is 0 Å². The van der Waals surface area contributed by atoms with Crippen LogP contribution >= 0.6 is 0 Å². The molecule has 1 aliphatic rings. The number of amides is 1. The average molecular weight is 371 g/mol. The molecule has 1 fully saturated rings. The molecule has 1 aliphatic heterocycles. The van der Waals surface area contributed by atoms with Crippen LogP contribution in [0.1, 0.15) is 59.1 Å². The van der Waals surface area contributed by atoms with Crippen molar-refractivity contribution in [1.29, 1.82) is 0 Å². The summed E-state index contributed by atoms with van der Waals surface area (Å²) in [4.78, 5) is 45.3. The van der Waals surface area contributed by atoms with Gasteiger partial charge in [0.1, 0.15) is 0 Å². The second kappa shape index (κ2) is 6.49. The largest absolute Gasteiger partial charge is 0.330 e. The second-order valence-corrected chi connectivity index (χ2v) is 7.93. The van der Waals surface area contributed by atoms with Crippen LogP contribution in [0.15, 0.2) is 27.9 Å². The number of carbonyl (C=O) groups excluding carboxylic acids is 1. The van der Waals surface area contributed by atoms with Crippen LogP contribution in [-0.4, -0.2) is 26.1 Å². The number of carbonyl (C=O) groups is 1. The van der Waals surface area contributed by atoms with Gasteiger partial charge in [-0.25, -0.2) is 14.7 Å². The Kier molecular flexibility index (Phi) is 4.59. The van der Waals surface area contributed by atoms with Crippen LogP contribution in [0.5, 0.6) is 0 Å². The minimum Gasteiger partial charge on any atom is -0.274 e. The van der Waals surface area contributed by atoms with E-state index in [9.17, 15) is 14.4 Å². The molecule has 1 amide bonds. The number of nitrogens with one attached hydrogen (secondary N) is 1. The highest BCUT2D eigenvalue weighted by molar-refractivity contribution is 5.97. The van der Waals surface area contributed by atoms with Gasteiger partial charge in [-0.2, -0.15) is 0 Å². The molecule has 0 aliphatic carbocycles. The maximum atomic E-state index is 13.3. The first-order valence-corrected chi connectivity index (χ1v) is 8.92. The summed E-state index contributed by atoms with van der Waals surface area (Å²) in [6.45, 7) is 11.2. The van der Waals surface area contributed by atoms with Gasteiger partial charge >= 0.3 is 5.69 Å². The lowest BCUT2D eigenvalue weighted by Crippen LogP contribution is -2.42. The Morgan fingerprint density at radius 2 is 1.70 bits per heavy atom. The van der Waals surface area contributed by atoms with Crippen molar-refractivity contribution in [2.24, 2.45) is 0 Å². The van der Waals surface area contributed by atoms with Gasteiger partial charge in [0.25, 0.3) is 11.5 Å². The van der Waals surface area contributed by atoms with Gasteiger partial charge in [-0.1, -0.05) is 17.7 Å². The van der Waals surface area contributed by atoms with Crippen molar-refractivity contribution in [1.82, 2.24) is 14.6 Å². The Bertz CT molecular complexity index is 1010. The van der Waals surface area contributed by atoms with Gasteiger partial charge in [0.05, 0.1) is 5.54 Å². The molecule has 0 saturated carbocycles. The molecule has 27 heavy (non-hydrogen) atoms. The van der Waals surface area contributed by atoms with Crippen molar-refractivity contribution in [3.63, 3.8) is 0 Å². The fourth-order valence-corrected chi connectivity index (χ4v) is 3.70. The van der Waals surface area contributed by atoms with E-state index >= 15 is 0 Å². The zero-order valence-corrected chi connectivity index (χ0v) is 16.5. The number of benzene rings is 1. The molecule has 2 heterocycles. The number of hydrogen-bond acceptors (Lipinski definition) is 4. The molecule has 1 atom stereocenters. The van der Waals surface area contributed by atoms with Crippen LogP contribution in [0, 0.1) is 27.7 Å². The van der Waals surface area contributed by atoms with Crippen LogP contribution in [0.2, 0.25) is 0 Å². The smallest absolute Gasteiger partial charge is 0.274 e. The molecule has 7 nitrogen and oxygen atoms in total. The lowest BCUT2D eigenvalue weighted by atomic mass is 9.96. The lowest BCUT2D eigenvalue weighted by Gasteiger charge is -2.29. The first-order valence-electron chi connectivity index (χ1n) is 8.92. The van der Waals surface area contributed by atoms with Crippen molar-refractivity contribution < 1.29 is 9.63 Å². The zero-order valence-electron chi connectivity index (χ0n) is 16.5. The molecule has 1 aromatic carbocycles. The predicted molar refractivity (Wildman–Crippen MR) is 102 cm³/mol. The summed E-state index contributed by atoms with van der Waals surface area (Å²) in [5, 5.41) is 1.36. The highest BCUT2D eigenvalue weighted by atomic mass is 16.7. The van der Waals surface area contributed by atoms with Crippen LogP contribution in [-0.2, 0) is 4.84 Å². The second-order valence-electron chi connectivity index (χ2n) is 7.93. The first kappa shape index (κ1) is 19.1. The third-order valence-electron chi connectivity index (χ3n) is 4.98. The van der Waals surface area contributed by atoms with Crippen LogP contribution in [0.4, 0.5) is 0 Å². The lowest BCUT2D eigenvalue weighted by molar-refractivity contribution is -0.163. The van der Waals surface area contributed by atoms with Crippen LogP contribution < -0.4 is 11.2 Å². The van der Waals surface area contributed by atoms with E-state index in [2.05, 4.69) is 4.98 Å². The third-order valence-corrected chi connectivity index (χ3v) is 4.98. The molecule has 1 unspecified atom stereocenters. The van der Waals surface area contributed by atoms with E-state index in [0.29, 0.717) is 17.5 Å². The minimum absolute atomic E-state index is 0.230. The van der Waals surface area contributed by atoms with E-state index in [0.717, 1.165) is 16.7 Å². The molecule has 3 rings (SSSR count). The predicted octanol–water partition coefficient (Wildman–Crippen LogP) is 2.53. The number of aryl methyl sites for hydroxylation is 4. The molecule has 2 aromatic rings. The molecule has 0 bridgehead atoms. The number of hydroxylamine groups is 2. The van der Waals surface area contributed by atoms with Gasteiger partial charge in [-0.3, -0.25) is 19.1 Å². The summed E-state index contributed by atoms with van der Waals surface area (Å²) in [6, 6.07) is 3.94. The fraction of sp³-hybridized carbons (Fsp3) is 0.450. The normalized spacial score (nSPS) is 18.7. The van der Waals surface area contributed by atoms with E-state index in [1.807, 2.05) is 46.8 Å². The highest BCUT2D eigenvalue weighted by Crippen LogP contribution is 2.38. The quantitative estimate of drug-likeness (QED) is 0.879. The van der Waals surface area contributed by atoms with Crippen molar-refractivity contribution in [2.45, 2.75) is 59.7 Å². The van der Waals surface area contributed by atoms with E-state index in [4.69, 9.17) is 4.84 Å². The number of H-pyrrole nitrogens is 1. The van der Waals surface area contributed by atoms with Gasteiger partial charge in [0.15, 0.2) is 6.23 Å². The number of rotatable bonds is 2. The van der Waals surface area contributed by atoms with Gasteiger partial charge < -0.3 is 0 Å². The summed E-state index contributed by atoms with van der Waals surface area (Å²) in [6.07, 6.45) is 1.23. The number of hydrogen-bond donors (Lipinski definition) is 1. The zero-order chi connectivity index (χ0) is 20.1. The summed E-state index contributed by atoms with van der Waals surface area (Å²) in [5.41, 5.74) is 2.29. The highest BCUT2D eigenvalue weighted by Gasteiger charge is 2.45. The molecule has 1 N–H and O–H groups in total. The number of nitrogens with zero attached hydrogens (tertiary/aromatic N) is 2. The topological polar surface area (TPSA) is 84.4 Å². The molecular formula is C20H25N3O4. The first-order chi connectivity index (χ1) is 12.5. The third kappa shape index (κ3) is 3.35. The van der Waals surface area contributed by atoms with Gasteiger partial charge in [0.2, 0.25) is 0 Å². The van der Waals surface area contributed by atoms with E-state index in [-0.39, 0.29) is 5.91 Å². The monoisotopic (exact) mass is 371 g/mol. The number of aromatic nitrogens is 2. The molecule has 7 heteroatoms. The summed E-state index contributed by atoms with van der Waals surface area (Å²) >= 11 is 0. The molecule has 0 radical (unpaired) electrons. The van der Waals surface area contributed by atoms with E-state index in [1.165, 1.54) is 15.8 Å². The molecule has 1 saturated heterocycles.